The molecule has 1 rings (SSSR count). The van der Waals surface area contributed by atoms with E-state index in [1.165, 1.54) is 20.8 Å². The number of halogens is 4. The van der Waals surface area contributed by atoms with Crippen molar-refractivity contribution in [2.45, 2.75) is 26.2 Å². The molecule has 0 nitrogen and oxygen atoms in total. The molecule has 0 heterocycles. The van der Waals surface area contributed by atoms with Crippen LogP contribution >= 0.6 is 0 Å². The highest BCUT2D eigenvalue weighted by atomic mass is 19.2. The number of rotatable bonds is 0. The second kappa shape index (κ2) is 3.82. The lowest BCUT2D eigenvalue weighted by Gasteiger charge is -2.21. The molecule has 0 bridgehead atoms. The van der Waals surface area contributed by atoms with Crippen LogP contribution in [0.3, 0.4) is 0 Å². The Morgan fingerprint density at radius 1 is 0.875 bits per heavy atom. The molecule has 0 fully saturated rings. The fraction of sp³-hybridized carbons (Fsp3) is 0.333. The number of hydrogen-bond acceptors (Lipinski definition) is 0. The molecule has 1 aromatic carbocycles. The van der Waals surface area contributed by atoms with Gasteiger partial charge in [-0.2, -0.15) is 0 Å². The van der Waals surface area contributed by atoms with Crippen LogP contribution in [0.15, 0.2) is 0 Å². The Morgan fingerprint density at radius 2 is 1.25 bits per heavy atom. The standard InChI is InChI=1S/C12H10F4/c1-5-6-8(13)10(15)7(12(2,3)4)11(16)9(6)14/h1H,2-4H3. The summed E-state index contributed by atoms with van der Waals surface area (Å²) in [6.07, 6.45) is 4.79. The van der Waals surface area contributed by atoms with E-state index in [-0.39, 0.29) is 0 Å². The largest absolute Gasteiger partial charge is 0.203 e. The lowest BCUT2D eigenvalue weighted by atomic mass is 9.85. The smallest absolute Gasteiger partial charge is 0.177 e. The van der Waals surface area contributed by atoms with Gasteiger partial charge >= 0.3 is 0 Å². The van der Waals surface area contributed by atoms with Gasteiger partial charge in [-0.05, 0) is 5.41 Å². The molecular formula is C12H10F4. The molecule has 0 atom stereocenters. The maximum atomic E-state index is 13.5. The maximum absolute atomic E-state index is 13.5. The summed E-state index contributed by atoms with van der Waals surface area (Å²) < 4.78 is 53.6. The predicted molar refractivity (Wildman–Crippen MR) is 52.9 cm³/mol. The van der Waals surface area contributed by atoms with Gasteiger partial charge in [0.2, 0.25) is 0 Å². The second-order valence-corrected chi connectivity index (χ2v) is 4.40. The Hall–Kier alpha value is -1.50. The van der Waals surface area contributed by atoms with Gasteiger partial charge in [0, 0.05) is 5.56 Å². The quantitative estimate of drug-likeness (QED) is 0.363. The van der Waals surface area contributed by atoms with Gasteiger partial charge in [-0.1, -0.05) is 26.7 Å². The van der Waals surface area contributed by atoms with E-state index in [1.807, 2.05) is 0 Å². The summed E-state index contributed by atoms with van der Waals surface area (Å²) in [4.78, 5) is 0. The van der Waals surface area contributed by atoms with Crippen LogP contribution in [-0.2, 0) is 5.41 Å². The van der Waals surface area contributed by atoms with Gasteiger partial charge in [0.05, 0.1) is 0 Å². The lowest BCUT2D eigenvalue weighted by molar-refractivity contribution is 0.402. The van der Waals surface area contributed by atoms with Crippen LogP contribution in [0.2, 0.25) is 0 Å². The van der Waals surface area contributed by atoms with Gasteiger partial charge in [-0.15, -0.1) is 6.42 Å². The summed E-state index contributed by atoms with van der Waals surface area (Å²) in [5.74, 6) is -4.31. The summed E-state index contributed by atoms with van der Waals surface area (Å²) in [5.41, 5.74) is -2.70. The van der Waals surface area contributed by atoms with Crippen LogP contribution in [0.25, 0.3) is 0 Å². The summed E-state index contributed by atoms with van der Waals surface area (Å²) in [6.45, 7) is 4.34. The molecule has 0 spiro atoms. The number of benzene rings is 1. The molecule has 0 saturated carbocycles. The predicted octanol–water partition coefficient (Wildman–Crippen LogP) is 3.52. The van der Waals surface area contributed by atoms with E-state index in [2.05, 4.69) is 0 Å². The zero-order valence-electron chi connectivity index (χ0n) is 9.09. The fourth-order valence-corrected chi connectivity index (χ4v) is 1.42. The zero-order chi connectivity index (χ0) is 12.7. The molecular weight excluding hydrogens is 220 g/mol. The van der Waals surface area contributed by atoms with E-state index in [4.69, 9.17) is 6.42 Å². The van der Waals surface area contributed by atoms with Gasteiger partial charge in [0.25, 0.3) is 0 Å². The monoisotopic (exact) mass is 230 g/mol. The summed E-state index contributed by atoms with van der Waals surface area (Å²) in [7, 11) is 0. The average Bonchev–Trinajstić information content (AvgIpc) is 2.14. The Morgan fingerprint density at radius 3 is 1.50 bits per heavy atom. The third-order valence-electron chi connectivity index (χ3n) is 2.16. The first-order valence-corrected chi connectivity index (χ1v) is 4.54. The fourth-order valence-electron chi connectivity index (χ4n) is 1.42. The van der Waals surface area contributed by atoms with Gasteiger partial charge in [-0.25, -0.2) is 17.6 Å². The van der Waals surface area contributed by atoms with E-state index in [9.17, 15) is 17.6 Å². The van der Waals surface area contributed by atoms with E-state index < -0.39 is 39.8 Å². The Balaban J connectivity index is 3.76. The Labute approximate surface area is 91.3 Å². The molecule has 0 aromatic heterocycles. The van der Waals surface area contributed by atoms with Crippen LogP contribution < -0.4 is 0 Å². The minimum Gasteiger partial charge on any atom is -0.203 e. The molecule has 0 radical (unpaired) electrons. The molecule has 0 aliphatic rings. The van der Waals surface area contributed by atoms with Crippen LogP contribution in [0.5, 0.6) is 0 Å². The van der Waals surface area contributed by atoms with Gasteiger partial charge in [-0.3, -0.25) is 0 Å². The topological polar surface area (TPSA) is 0 Å². The first kappa shape index (κ1) is 12.6. The summed E-state index contributed by atoms with van der Waals surface area (Å²) >= 11 is 0. The molecule has 0 aliphatic carbocycles. The van der Waals surface area contributed by atoms with Crippen molar-refractivity contribution in [2.75, 3.05) is 0 Å². The average molecular weight is 230 g/mol. The van der Waals surface area contributed by atoms with Crippen molar-refractivity contribution in [3.05, 3.63) is 34.4 Å². The molecule has 86 valence electrons. The Kier molecular flexibility index (Phi) is 3.00. The summed E-state index contributed by atoms with van der Waals surface area (Å²) in [6, 6.07) is 0. The highest BCUT2D eigenvalue weighted by Gasteiger charge is 2.31. The van der Waals surface area contributed by atoms with Crippen molar-refractivity contribution in [1.82, 2.24) is 0 Å². The van der Waals surface area contributed by atoms with Gasteiger partial charge in [0.15, 0.2) is 23.3 Å². The molecule has 0 aliphatic heterocycles. The maximum Gasteiger partial charge on any atom is 0.177 e. The highest BCUT2D eigenvalue weighted by Crippen LogP contribution is 2.32. The molecule has 1 aromatic rings. The minimum atomic E-state index is -1.52. The first-order chi connectivity index (χ1) is 7.21. The second-order valence-electron chi connectivity index (χ2n) is 4.40. The van der Waals surface area contributed by atoms with Crippen molar-refractivity contribution in [3.63, 3.8) is 0 Å². The van der Waals surface area contributed by atoms with Crippen molar-refractivity contribution in [3.8, 4) is 12.3 Å². The van der Waals surface area contributed by atoms with E-state index in [0.717, 1.165) is 0 Å². The number of terminal acetylenes is 1. The zero-order valence-corrected chi connectivity index (χ0v) is 9.09. The van der Waals surface area contributed by atoms with Crippen molar-refractivity contribution in [2.24, 2.45) is 0 Å². The van der Waals surface area contributed by atoms with Crippen molar-refractivity contribution in [1.29, 1.82) is 0 Å². The molecule has 16 heavy (non-hydrogen) atoms. The van der Waals surface area contributed by atoms with E-state index >= 15 is 0 Å². The van der Waals surface area contributed by atoms with Crippen LogP contribution in [0, 0.1) is 35.6 Å². The third kappa shape index (κ3) is 1.78. The van der Waals surface area contributed by atoms with E-state index in [0.29, 0.717) is 0 Å². The van der Waals surface area contributed by atoms with Gasteiger partial charge in [0.1, 0.15) is 5.56 Å². The van der Waals surface area contributed by atoms with Crippen LogP contribution in [0.4, 0.5) is 17.6 Å². The van der Waals surface area contributed by atoms with Crippen molar-refractivity contribution < 1.29 is 17.6 Å². The van der Waals surface area contributed by atoms with Crippen molar-refractivity contribution >= 4 is 0 Å². The lowest BCUT2D eigenvalue weighted by Crippen LogP contribution is -2.19. The molecule has 0 unspecified atom stereocenters. The summed E-state index contributed by atoms with van der Waals surface area (Å²) in [5, 5.41) is 0. The third-order valence-corrected chi connectivity index (χ3v) is 2.16. The SMILES string of the molecule is C#Cc1c(F)c(F)c(C(C)(C)C)c(F)c1F. The van der Waals surface area contributed by atoms with Crippen LogP contribution in [0.1, 0.15) is 31.9 Å². The Bertz CT molecular complexity index is 446. The highest BCUT2D eigenvalue weighted by molar-refractivity contribution is 5.41. The minimum absolute atomic E-state index is 0.638. The van der Waals surface area contributed by atoms with Gasteiger partial charge < -0.3 is 0 Å². The van der Waals surface area contributed by atoms with Crippen LogP contribution in [-0.4, -0.2) is 0 Å². The first-order valence-electron chi connectivity index (χ1n) is 4.54. The molecule has 0 amide bonds. The normalized spacial score (nSPS) is 11.4. The number of hydrogen-bond donors (Lipinski definition) is 0. The molecule has 4 heteroatoms. The molecule has 0 saturated heterocycles. The molecule has 0 N–H and O–H groups in total. The van der Waals surface area contributed by atoms with E-state index in [1.54, 1.807) is 5.92 Å².